The Hall–Kier alpha value is -0.950. The summed E-state index contributed by atoms with van der Waals surface area (Å²) in [5.41, 5.74) is 0. The maximum absolute atomic E-state index is 10.2. The van der Waals surface area contributed by atoms with Crippen LogP contribution in [0.5, 0.6) is 0 Å². The second kappa shape index (κ2) is 3.98. The molecule has 0 aliphatic heterocycles. The molecule has 2 unspecified atom stereocenters. The van der Waals surface area contributed by atoms with Crippen molar-refractivity contribution in [2.45, 2.75) is 0 Å². The molecule has 0 saturated carbocycles. The summed E-state index contributed by atoms with van der Waals surface area (Å²) in [5.74, 6) is 13.1. The van der Waals surface area contributed by atoms with Crippen LogP contribution in [0.15, 0.2) is 11.7 Å². The predicted molar refractivity (Wildman–Crippen MR) is 27.9 cm³/mol. The smallest absolute Gasteiger partial charge is 0.0292 e. The predicted octanol–water partition coefficient (Wildman–Crippen LogP) is -3.29. The normalized spacial score (nSPS) is 15.4. The van der Waals surface area contributed by atoms with Crippen molar-refractivity contribution in [3.05, 3.63) is 17.6 Å². The Morgan fingerprint density at radius 3 is 2.78 bits per heavy atom. The molecular formula is C2H7N5O2. The SMILES string of the molecule is C=C=NO[NH+]([O-])[NH+]([NH-])N. The largest absolute Gasteiger partial charge is 0.537 e. The molecule has 5 N–H and O–H groups in total. The summed E-state index contributed by atoms with van der Waals surface area (Å²) in [6.45, 7) is 3.01. The minimum absolute atomic E-state index is 0.700. The van der Waals surface area contributed by atoms with E-state index in [1.807, 2.05) is 5.87 Å². The van der Waals surface area contributed by atoms with Crippen LogP contribution in [-0.4, -0.2) is 5.87 Å². The van der Waals surface area contributed by atoms with E-state index in [-0.39, 0.29) is 0 Å². The molecular weight excluding hydrogens is 126 g/mol. The zero-order chi connectivity index (χ0) is 7.28. The first-order valence-electron chi connectivity index (χ1n) is 1.96. The molecule has 0 fully saturated rings. The van der Waals surface area contributed by atoms with Crippen molar-refractivity contribution in [2.75, 3.05) is 0 Å². The molecule has 0 heterocycles. The quantitative estimate of drug-likeness (QED) is 0.213. The zero-order valence-corrected chi connectivity index (χ0v) is 4.55. The second-order valence-corrected chi connectivity index (χ2v) is 1.04. The van der Waals surface area contributed by atoms with Crippen LogP contribution in [0.4, 0.5) is 0 Å². The van der Waals surface area contributed by atoms with Crippen LogP contribution < -0.4 is 16.4 Å². The molecule has 7 heteroatoms. The van der Waals surface area contributed by atoms with Crippen LogP contribution in [0, 0.1) is 5.21 Å². The monoisotopic (exact) mass is 133 g/mol. The Labute approximate surface area is 51.2 Å². The Morgan fingerprint density at radius 1 is 1.89 bits per heavy atom. The molecule has 0 aliphatic carbocycles. The van der Waals surface area contributed by atoms with Crippen molar-refractivity contribution in [1.29, 1.82) is 0 Å². The van der Waals surface area contributed by atoms with Crippen LogP contribution in [0.1, 0.15) is 0 Å². The van der Waals surface area contributed by atoms with E-state index in [1.165, 1.54) is 0 Å². The van der Waals surface area contributed by atoms with Gasteiger partial charge in [-0.25, -0.2) is 0 Å². The molecule has 0 aromatic carbocycles. The van der Waals surface area contributed by atoms with E-state index in [9.17, 15) is 5.21 Å². The van der Waals surface area contributed by atoms with Gasteiger partial charge in [-0.3, -0.25) is 0 Å². The minimum Gasteiger partial charge on any atom is -0.537 e. The molecule has 0 radical (unpaired) electrons. The van der Waals surface area contributed by atoms with Crippen molar-refractivity contribution in [3.8, 4) is 0 Å². The van der Waals surface area contributed by atoms with E-state index in [0.717, 1.165) is 0 Å². The summed E-state index contributed by atoms with van der Waals surface area (Å²) >= 11 is 0. The van der Waals surface area contributed by atoms with Gasteiger partial charge >= 0.3 is 0 Å². The van der Waals surface area contributed by atoms with Gasteiger partial charge in [0.05, 0.1) is 0 Å². The second-order valence-electron chi connectivity index (χ2n) is 1.04. The zero-order valence-electron chi connectivity index (χ0n) is 4.55. The van der Waals surface area contributed by atoms with E-state index < -0.39 is 10.6 Å². The maximum atomic E-state index is 10.2. The fourth-order valence-corrected chi connectivity index (χ4v) is 0.123. The first-order valence-corrected chi connectivity index (χ1v) is 1.96. The van der Waals surface area contributed by atoms with E-state index >= 15 is 0 Å². The number of nitrogens with zero attached hydrogens (tertiary/aromatic N) is 1. The number of hydrogen-bond donors (Lipinski definition) is 3. The van der Waals surface area contributed by atoms with Gasteiger partial charge < -0.3 is 11.0 Å². The van der Waals surface area contributed by atoms with Gasteiger partial charge in [-0.15, -0.1) is 16.0 Å². The van der Waals surface area contributed by atoms with Crippen molar-refractivity contribution in [3.63, 3.8) is 0 Å². The summed E-state index contributed by atoms with van der Waals surface area (Å²) in [7, 11) is 0. The van der Waals surface area contributed by atoms with Crippen LogP contribution >= 0.6 is 0 Å². The fraction of sp³-hybridized carbons (Fsp3) is 0. The first kappa shape index (κ1) is 8.05. The van der Waals surface area contributed by atoms with E-state index in [1.54, 1.807) is 0 Å². The molecule has 0 rings (SSSR count). The van der Waals surface area contributed by atoms with Crippen molar-refractivity contribution in [1.82, 2.24) is 0 Å². The number of quaternary nitrogens is 2. The molecule has 0 aliphatic rings. The van der Waals surface area contributed by atoms with Crippen LogP contribution in [0.3, 0.4) is 0 Å². The molecule has 0 aromatic heterocycles. The van der Waals surface area contributed by atoms with Gasteiger partial charge in [0.2, 0.25) is 0 Å². The summed E-state index contributed by atoms with van der Waals surface area (Å²) < 4.78 is 0. The molecule has 0 saturated heterocycles. The third kappa shape index (κ3) is 3.62. The highest BCUT2D eigenvalue weighted by atomic mass is 17.0. The Bertz CT molecular complexity index is 118. The Balaban J connectivity index is 3.49. The lowest BCUT2D eigenvalue weighted by Gasteiger charge is -2.20. The molecule has 52 valence electrons. The van der Waals surface area contributed by atoms with Gasteiger partial charge in [0.25, 0.3) is 0 Å². The standard InChI is InChI=1S/C2H7N5O2/c1-2-5-9-7(8)6(3)4/h3,6-7H,1,4H2. The van der Waals surface area contributed by atoms with Crippen LogP contribution in [0.25, 0.3) is 5.84 Å². The number of rotatable bonds is 3. The highest BCUT2D eigenvalue weighted by molar-refractivity contribution is 5.45. The summed E-state index contributed by atoms with van der Waals surface area (Å²) in [5, 5.41) is 11.3. The Morgan fingerprint density at radius 2 is 2.44 bits per heavy atom. The van der Waals surface area contributed by atoms with Gasteiger partial charge in [-0.2, -0.15) is 0 Å². The molecule has 0 bridgehead atoms. The van der Waals surface area contributed by atoms with Crippen LogP contribution in [-0.2, 0) is 4.94 Å². The lowest BCUT2D eigenvalue weighted by Crippen LogP contribution is -3.57. The van der Waals surface area contributed by atoms with Crippen molar-refractivity contribution < 1.29 is 15.5 Å². The van der Waals surface area contributed by atoms with E-state index in [0.29, 0.717) is 0 Å². The van der Waals surface area contributed by atoms with Crippen molar-refractivity contribution in [2.24, 2.45) is 11.0 Å². The highest BCUT2D eigenvalue weighted by Crippen LogP contribution is 1.47. The third-order valence-corrected chi connectivity index (χ3v) is 0.413. The fourth-order valence-electron chi connectivity index (χ4n) is 0.123. The van der Waals surface area contributed by atoms with Crippen molar-refractivity contribution >= 4 is 5.87 Å². The lowest BCUT2D eigenvalue weighted by atomic mass is 11.2. The Kier molecular flexibility index (Phi) is 3.56. The summed E-state index contributed by atoms with van der Waals surface area (Å²) in [6.07, 6.45) is 0. The van der Waals surface area contributed by atoms with E-state index in [4.69, 9.17) is 5.84 Å². The number of nitrogens with two attached hydrogens (primary N) is 1. The molecule has 0 aromatic rings. The topological polar surface area (TPSA) is 103 Å². The van der Waals surface area contributed by atoms with Gasteiger partial charge in [0.15, 0.2) is 0 Å². The van der Waals surface area contributed by atoms with E-state index in [2.05, 4.69) is 22.5 Å². The molecule has 2 atom stereocenters. The molecule has 9 heavy (non-hydrogen) atoms. The lowest BCUT2D eigenvalue weighted by molar-refractivity contribution is -1.55. The first-order chi connectivity index (χ1) is 4.18. The highest BCUT2D eigenvalue weighted by Gasteiger charge is 1.95. The van der Waals surface area contributed by atoms with Gasteiger partial charge in [0.1, 0.15) is 0 Å². The minimum atomic E-state index is -1.01. The summed E-state index contributed by atoms with van der Waals surface area (Å²) in [4.78, 5) is 3.92. The average Bonchev–Trinajstić information content (AvgIpc) is 1.82. The van der Waals surface area contributed by atoms with Gasteiger partial charge in [0, 0.05) is 16.4 Å². The average molecular weight is 133 g/mol. The van der Waals surface area contributed by atoms with Gasteiger partial charge in [-0.05, 0) is 6.58 Å². The summed E-state index contributed by atoms with van der Waals surface area (Å²) in [6, 6.07) is 0. The number of nitrogens with one attached hydrogen (secondary N) is 3. The molecule has 7 nitrogen and oxygen atoms in total. The van der Waals surface area contributed by atoms with Crippen LogP contribution in [0.2, 0.25) is 0 Å². The third-order valence-electron chi connectivity index (χ3n) is 0.413. The molecule has 0 amide bonds. The van der Waals surface area contributed by atoms with Gasteiger partial charge in [-0.1, -0.05) is 0 Å². The molecule has 0 spiro atoms. The maximum Gasteiger partial charge on any atom is 0.0292 e. The number of hydrogen-bond acceptors (Lipinski definition) is 4.